The monoisotopic (exact) mass is 337 g/mol. The lowest BCUT2D eigenvalue weighted by molar-refractivity contribution is 0.0612. The first kappa shape index (κ1) is 19.5. The Morgan fingerprint density at radius 1 is 0.667 bits per heavy atom. The average molecular weight is 338 g/mol. The number of rotatable bonds is 3. The van der Waals surface area contributed by atoms with Gasteiger partial charge in [-0.3, -0.25) is 4.90 Å². The standard InChI is InChI=1S/C16H31N3.2ClH/c1-2-4-16(5-3-1)6-10-18(11-7-16)14-15-19-12-8-17-9-13-19;;/h17H,1-15H2;2*1H. The van der Waals surface area contributed by atoms with E-state index in [1.807, 2.05) is 0 Å². The molecule has 2 aliphatic heterocycles. The second-order valence-electron chi connectivity index (χ2n) is 6.99. The van der Waals surface area contributed by atoms with Crippen LogP contribution in [0, 0.1) is 5.41 Å². The molecule has 3 nitrogen and oxygen atoms in total. The first-order chi connectivity index (χ1) is 9.36. The van der Waals surface area contributed by atoms with Gasteiger partial charge in [0, 0.05) is 39.3 Å². The van der Waals surface area contributed by atoms with Gasteiger partial charge in [0.15, 0.2) is 0 Å². The van der Waals surface area contributed by atoms with Crippen molar-refractivity contribution in [3.8, 4) is 0 Å². The van der Waals surface area contributed by atoms with E-state index in [9.17, 15) is 0 Å². The molecule has 3 rings (SSSR count). The van der Waals surface area contributed by atoms with Crippen molar-refractivity contribution in [1.82, 2.24) is 15.1 Å². The Hall–Kier alpha value is 0.460. The zero-order valence-corrected chi connectivity index (χ0v) is 15.0. The van der Waals surface area contributed by atoms with Gasteiger partial charge in [0.2, 0.25) is 0 Å². The highest BCUT2D eigenvalue weighted by Gasteiger charge is 2.35. The van der Waals surface area contributed by atoms with E-state index in [0.29, 0.717) is 0 Å². The summed E-state index contributed by atoms with van der Waals surface area (Å²) in [5.41, 5.74) is 0.768. The Morgan fingerprint density at radius 2 is 1.19 bits per heavy atom. The van der Waals surface area contributed by atoms with Crippen LogP contribution in [0.1, 0.15) is 44.9 Å². The van der Waals surface area contributed by atoms with E-state index < -0.39 is 0 Å². The highest BCUT2D eigenvalue weighted by Crippen LogP contribution is 2.44. The largest absolute Gasteiger partial charge is 0.314 e. The molecule has 126 valence electrons. The summed E-state index contributed by atoms with van der Waals surface area (Å²) in [5, 5.41) is 3.44. The minimum Gasteiger partial charge on any atom is -0.314 e. The van der Waals surface area contributed by atoms with Crippen LogP contribution in [0.25, 0.3) is 0 Å². The van der Waals surface area contributed by atoms with Crippen LogP contribution in [0.2, 0.25) is 0 Å². The van der Waals surface area contributed by atoms with Crippen molar-refractivity contribution in [2.75, 3.05) is 52.4 Å². The van der Waals surface area contributed by atoms with E-state index in [4.69, 9.17) is 0 Å². The quantitative estimate of drug-likeness (QED) is 0.854. The molecule has 0 aromatic rings. The van der Waals surface area contributed by atoms with Crippen LogP contribution >= 0.6 is 24.8 Å². The maximum absolute atomic E-state index is 3.44. The minimum atomic E-state index is 0. The molecule has 2 saturated heterocycles. The van der Waals surface area contributed by atoms with Gasteiger partial charge in [-0.25, -0.2) is 0 Å². The second kappa shape index (κ2) is 9.57. The molecule has 0 amide bonds. The third-order valence-corrected chi connectivity index (χ3v) is 5.77. The van der Waals surface area contributed by atoms with Crippen LogP contribution < -0.4 is 5.32 Å². The molecule has 0 radical (unpaired) electrons. The van der Waals surface area contributed by atoms with Crippen LogP contribution in [-0.2, 0) is 0 Å². The zero-order chi connectivity index (χ0) is 13.0. The third kappa shape index (κ3) is 5.54. The average Bonchev–Trinajstić information content (AvgIpc) is 2.49. The Balaban J connectivity index is 0.00000110. The number of hydrogen-bond donors (Lipinski definition) is 1. The fraction of sp³-hybridized carbons (Fsp3) is 1.00. The van der Waals surface area contributed by atoms with Gasteiger partial charge in [-0.05, 0) is 44.2 Å². The molecular formula is C16H33Cl2N3. The van der Waals surface area contributed by atoms with Gasteiger partial charge in [0.25, 0.3) is 0 Å². The molecule has 1 N–H and O–H groups in total. The zero-order valence-electron chi connectivity index (χ0n) is 13.3. The summed E-state index contributed by atoms with van der Waals surface area (Å²) >= 11 is 0. The van der Waals surface area contributed by atoms with Crippen LogP contribution in [0.15, 0.2) is 0 Å². The predicted molar refractivity (Wildman–Crippen MR) is 95.0 cm³/mol. The van der Waals surface area contributed by atoms with Gasteiger partial charge in [0.05, 0.1) is 0 Å². The van der Waals surface area contributed by atoms with Gasteiger partial charge >= 0.3 is 0 Å². The van der Waals surface area contributed by atoms with E-state index in [2.05, 4.69) is 15.1 Å². The normalized spacial score (nSPS) is 26.9. The van der Waals surface area contributed by atoms with Gasteiger partial charge in [-0.1, -0.05) is 19.3 Å². The smallest absolute Gasteiger partial charge is 0.0110 e. The van der Waals surface area contributed by atoms with Crippen LogP contribution in [0.5, 0.6) is 0 Å². The number of piperazine rings is 1. The Labute approximate surface area is 143 Å². The molecule has 0 aromatic heterocycles. The number of likely N-dealkylation sites (tertiary alicyclic amines) is 1. The summed E-state index contributed by atoms with van der Waals surface area (Å²) < 4.78 is 0. The van der Waals surface area contributed by atoms with Gasteiger partial charge < -0.3 is 10.2 Å². The molecule has 5 heteroatoms. The Morgan fingerprint density at radius 3 is 1.76 bits per heavy atom. The van der Waals surface area contributed by atoms with Crippen molar-refractivity contribution in [1.29, 1.82) is 0 Å². The number of piperidine rings is 1. The van der Waals surface area contributed by atoms with Crippen molar-refractivity contribution >= 4 is 24.8 Å². The van der Waals surface area contributed by atoms with Gasteiger partial charge in [0.1, 0.15) is 0 Å². The van der Waals surface area contributed by atoms with Crippen molar-refractivity contribution in [3.63, 3.8) is 0 Å². The SMILES string of the molecule is C1CCC2(CC1)CCN(CCN1CCNCC1)CC2.Cl.Cl. The predicted octanol–water partition coefficient (Wildman–Crippen LogP) is 2.78. The fourth-order valence-corrected chi connectivity index (χ4v) is 4.27. The first-order valence-corrected chi connectivity index (χ1v) is 8.52. The minimum absolute atomic E-state index is 0. The van der Waals surface area contributed by atoms with Crippen molar-refractivity contribution in [3.05, 3.63) is 0 Å². The number of halogens is 2. The summed E-state index contributed by atoms with van der Waals surface area (Å²) in [7, 11) is 0. The van der Waals surface area contributed by atoms with E-state index >= 15 is 0 Å². The van der Waals surface area contributed by atoms with Crippen molar-refractivity contribution < 1.29 is 0 Å². The molecule has 0 bridgehead atoms. The number of nitrogens with zero attached hydrogens (tertiary/aromatic N) is 2. The summed E-state index contributed by atoms with van der Waals surface area (Å²) in [6, 6.07) is 0. The summed E-state index contributed by atoms with van der Waals surface area (Å²) in [6.45, 7) is 10.2. The highest BCUT2D eigenvalue weighted by molar-refractivity contribution is 5.85. The molecule has 1 spiro atoms. The molecule has 1 aliphatic carbocycles. The summed E-state index contributed by atoms with van der Waals surface area (Å²) in [5.74, 6) is 0. The first-order valence-electron chi connectivity index (χ1n) is 8.52. The Bertz CT molecular complexity index is 264. The van der Waals surface area contributed by atoms with Gasteiger partial charge in [-0.15, -0.1) is 24.8 Å². The fourth-order valence-electron chi connectivity index (χ4n) is 4.27. The number of hydrogen-bond acceptors (Lipinski definition) is 3. The van der Waals surface area contributed by atoms with E-state index in [1.54, 1.807) is 0 Å². The molecule has 1 saturated carbocycles. The molecule has 3 fully saturated rings. The van der Waals surface area contributed by atoms with E-state index in [0.717, 1.165) is 5.41 Å². The van der Waals surface area contributed by atoms with Crippen LogP contribution in [0.4, 0.5) is 0 Å². The highest BCUT2D eigenvalue weighted by atomic mass is 35.5. The summed E-state index contributed by atoms with van der Waals surface area (Å²) in [4.78, 5) is 5.35. The van der Waals surface area contributed by atoms with E-state index in [1.165, 1.54) is 97.3 Å². The third-order valence-electron chi connectivity index (χ3n) is 5.77. The lowest BCUT2D eigenvalue weighted by atomic mass is 9.68. The summed E-state index contributed by atoms with van der Waals surface area (Å²) in [6.07, 6.45) is 10.5. The Kier molecular flexibility index (Phi) is 8.89. The molecule has 3 aliphatic rings. The molecule has 0 atom stereocenters. The molecule has 2 heterocycles. The molecule has 0 aromatic carbocycles. The maximum Gasteiger partial charge on any atom is 0.0110 e. The van der Waals surface area contributed by atoms with Crippen LogP contribution in [0.3, 0.4) is 0 Å². The topological polar surface area (TPSA) is 18.5 Å². The second-order valence-corrected chi connectivity index (χ2v) is 6.99. The molecular weight excluding hydrogens is 305 g/mol. The number of nitrogens with one attached hydrogen (secondary N) is 1. The van der Waals surface area contributed by atoms with Crippen LogP contribution in [-0.4, -0.2) is 62.2 Å². The molecule has 0 unspecified atom stereocenters. The molecule has 21 heavy (non-hydrogen) atoms. The van der Waals surface area contributed by atoms with Gasteiger partial charge in [-0.2, -0.15) is 0 Å². The van der Waals surface area contributed by atoms with E-state index in [-0.39, 0.29) is 24.8 Å². The lowest BCUT2D eigenvalue weighted by Gasteiger charge is -2.44. The lowest BCUT2D eigenvalue weighted by Crippen LogP contribution is -2.48. The van der Waals surface area contributed by atoms with Crippen molar-refractivity contribution in [2.45, 2.75) is 44.9 Å². The van der Waals surface area contributed by atoms with Crippen molar-refractivity contribution in [2.24, 2.45) is 5.41 Å². The maximum atomic E-state index is 3.44.